The second kappa shape index (κ2) is 9.70. The van der Waals surface area contributed by atoms with Crippen LogP contribution in [0.4, 0.5) is 0 Å². The van der Waals surface area contributed by atoms with Crippen molar-refractivity contribution < 1.29 is 19.8 Å². The highest BCUT2D eigenvalue weighted by Gasteiger charge is 2.34. The van der Waals surface area contributed by atoms with Crippen molar-refractivity contribution in [1.82, 2.24) is 0 Å². The zero-order valence-electron chi connectivity index (χ0n) is 18.0. The first kappa shape index (κ1) is 22.3. The third-order valence-corrected chi connectivity index (χ3v) is 6.55. The minimum atomic E-state index is -1.17. The molecule has 31 heavy (non-hydrogen) atoms. The molecule has 1 heterocycles. The molecule has 2 aromatic rings. The predicted octanol–water partition coefficient (Wildman–Crippen LogP) is 4.86. The molecule has 4 atom stereocenters. The number of hydrogen-bond donors (Lipinski definition) is 2. The Kier molecular flexibility index (Phi) is 6.97. The third kappa shape index (κ3) is 5.66. The van der Waals surface area contributed by atoms with E-state index in [4.69, 9.17) is 21.2 Å². The molecule has 2 fully saturated rings. The summed E-state index contributed by atoms with van der Waals surface area (Å²) in [5.41, 5.74) is 5.02. The van der Waals surface area contributed by atoms with Gasteiger partial charge in [-0.05, 0) is 72.8 Å². The Bertz CT molecular complexity index is 914. The molecule has 166 valence electrons. The summed E-state index contributed by atoms with van der Waals surface area (Å²) >= 11 is 6.47. The third-order valence-electron chi connectivity index (χ3n) is 6.18. The second-order valence-electron chi connectivity index (χ2n) is 8.86. The molecule has 1 saturated heterocycles. The van der Waals surface area contributed by atoms with Crippen LogP contribution in [0.2, 0.25) is 5.02 Å². The normalized spacial score (nSPS) is 26.7. The highest BCUT2D eigenvalue weighted by molar-refractivity contribution is 6.31. The summed E-state index contributed by atoms with van der Waals surface area (Å²) in [5, 5.41) is 24.8. The number of halogens is 1. The van der Waals surface area contributed by atoms with E-state index in [1.165, 1.54) is 12.8 Å². The average molecular weight is 444 g/mol. The van der Waals surface area contributed by atoms with Crippen LogP contribution in [0, 0.1) is 11.8 Å². The Hall–Kier alpha value is -1.92. The molecule has 2 aromatic carbocycles. The Morgan fingerprint density at radius 2 is 1.90 bits per heavy atom. The summed E-state index contributed by atoms with van der Waals surface area (Å²) in [4.78, 5) is 5.43. The number of hydrogen-bond acceptors (Lipinski definition) is 5. The van der Waals surface area contributed by atoms with Gasteiger partial charge in [-0.2, -0.15) is 0 Å². The lowest BCUT2D eigenvalue weighted by Gasteiger charge is -2.35. The topological polar surface area (TPSA) is 71.3 Å². The van der Waals surface area contributed by atoms with Gasteiger partial charge in [-0.15, -0.1) is 0 Å². The summed E-state index contributed by atoms with van der Waals surface area (Å²) in [5.74, 6) is 0.647. The quantitative estimate of drug-likeness (QED) is 0.473. The standard InChI is InChI=1S/C25H30ClNO4/c1-15-11-23(31-25(29)24(15)28)20-9-10-22(26)21(13-20)12-17-5-7-19(8-6-17)16(2)27-30-14-18-3-4-18/h5-10,13,15,18,23-25,28-29H,3-4,11-12,14H2,1-2H3. The maximum absolute atomic E-state index is 9.98. The van der Waals surface area contributed by atoms with Crippen molar-refractivity contribution in [2.75, 3.05) is 6.61 Å². The summed E-state index contributed by atoms with van der Waals surface area (Å²) in [7, 11) is 0. The Labute approximate surface area is 188 Å². The summed E-state index contributed by atoms with van der Waals surface area (Å²) < 4.78 is 5.63. The van der Waals surface area contributed by atoms with Crippen LogP contribution in [-0.4, -0.2) is 34.9 Å². The SMILES string of the molecule is CC(=NOCC1CC1)c1ccc(Cc2cc(C3CC(C)C(O)C(O)O3)ccc2Cl)cc1. The maximum Gasteiger partial charge on any atom is 0.181 e. The van der Waals surface area contributed by atoms with E-state index >= 15 is 0 Å². The van der Waals surface area contributed by atoms with E-state index in [-0.39, 0.29) is 12.0 Å². The number of rotatable bonds is 7. The van der Waals surface area contributed by atoms with Gasteiger partial charge in [0.15, 0.2) is 6.29 Å². The molecule has 4 rings (SSSR count). The smallest absolute Gasteiger partial charge is 0.181 e. The lowest BCUT2D eigenvalue weighted by Crippen LogP contribution is -2.40. The monoisotopic (exact) mass is 443 g/mol. The van der Waals surface area contributed by atoms with E-state index in [1.807, 2.05) is 32.0 Å². The van der Waals surface area contributed by atoms with Crippen LogP contribution in [-0.2, 0) is 16.0 Å². The molecule has 0 amide bonds. The first-order valence-electron chi connectivity index (χ1n) is 11.0. The number of nitrogens with zero attached hydrogens (tertiary/aromatic N) is 1. The summed E-state index contributed by atoms with van der Waals surface area (Å²) in [6.45, 7) is 4.59. The van der Waals surface area contributed by atoms with Crippen molar-refractivity contribution in [3.63, 3.8) is 0 Å². The molecule has 1 aliphatic carbocycles. The number of ether oxygens (including phenoxy) is 1. The molecule has 1 aliphatic heterocycles. The van der Waals surface area contributed by atoms with Crippen molar-refractivity contribution in [3.05, 3.63) is 69.7 Å². The van der Waals surface area contributed by atoms with E-state index < -0.39 is 12.4 Å². The first-order chi connectivity index (χ1) is 14.9. The molecule has 0 spiro atoms. The lowest BCUT2D eigenvalue weighted by molar-refractivity contribution is -0.234. The number of aliphatic hydroxyl groups is 2. The Balaban J connectivity index is 1.43. The van der Waals surface area contributed by atoms with Gasteiger partial charge in [0.05, 0.1) is 11.8 Å². The van der Waals surface area contributed by atoms with Crippen LogP contribution in [0.25, 0.3) is 0 Å². The summed E-state index contributed by atoms with van der Waals surface area (Å²) in [6.07, 6.45) is 1.56. The van der Waals surface area contributed by atoms with Crippen LogP contribution in [0.1, 0.15) is 61.5 Å². The zero-order chi connectivity index (χ0) is 22.0. The van der Waals surface area contributed by atoms with E-state index in [9.17, 15) is 10.2 Å². The molecule has 1 saturated carbocycles. The van der Waals surface area contributed by atoms with E-state index in [1.54, 1.807) is 0 Å². The van der Waals surface area contributed by atoms with Crippen LogP contribution in [0.5, 0.6) is 0 Å². The van der Waals surface area contributed by atoms with Crippen molar-refractivity contribution in [2.45, 2.75) is 58.0 Å². The number of benzene rings is 2. The fraction of sp³-hybridized carbons (Fsp3) is 0.480. The zero-order valence-corrected chi connectivity index (χ0v) is 18.8. The van der Waals surface area contributed by atoms with Crippen LogP contribution in [0.15, 0.2) is 47.6 Å². The molecule has 5 nitrogen and oxygen atoms in total. The average Bonchev–Trinajstić information content (AvgIpc) is 3.58. The van der Waals surface area contributed by atoms with Gasteiger partial charge in [0.2, 0.25) is 0 Å². The summed E-state index contributed by atoms with van der Waals surface area (Å²) in [6, 6.07) is 14.1. The molecule has 0 aromatic heterocycles. The van der Waals surface area contributed by atoms with Gasteiger partial charge in [-0.25, -0.2) is 0 Å². The van der Waals surface area contributed by atoms with Gasteiger partial charge in [0, 0.05) is 5.02 Å². The highest BCUT2D eigenvalue weighted by Crippen LogP contribution is 2.36. The molecule has 2 aliphatic rings. The second-order valence-corrected chi connectivity index (χ2v) is 9.27. The van der Waals surface area contributed by atoms with Gasteiger partial charge in [-0.1, -0.05) is 60.1 Å². The molecule has 0 bridgehead atoms. The van der Waals surface area contributed by atoms with E-state index in [0.29, 0.717) is 30.4 Å². The van der Waals surface area contributed by atoms with Crippen molar-refractivity contribution in [1.29, 1.82) is 0 Å². The van der Waals surface area contributed by atoms with Crippen molar-refractivity contribution in [2.24, 2.45) is 17.0 Å². The van der Waals surface area contributed by atoms with Crippen LogP contribution >= 0.6 is 11.6 Å². The van der Waals surface area contributed by atoms with Crippen molar-refractivity contribution >= 4 is 17.3 Å². The van der Waals surface area contributed by atoms with E-state index in [2.05, 4.69) is 29.4 Å². The molecule has 4 unspecified atom stereocenters. The van der Waals surface area contributed by atoms with Gasteiger partial charge in [0.1, 0.15) is 12.7 Å². The molecule has 6 heteroatoms. The Morgan fingerprint density at radius 1 is 1.16 bits per heavy atom. The highest BCUT2D eigenvalue weighted by atomic mass is 35.5. The van der Waals surface area contributed by atoms with Crippen LogP contribution < -0.4 is 0 Å². The molecular formula is C25H30ClNO4. The fourth-order valence-corrected chi connectivity index (χ4v) is 4.05. The Morgan fingerprint density at radius 3 is 2.58 bits per heavy atom. The lowest BCUT2D eigenvalue weighted by atomic mass is 9.89. The van der Waals surface area contributed by atoms with Crippen molar-refractivity contribution in [3.8, 4) is 0 Å². The van der Waals surface area contributed by atoms with Crippen LogP contribution in [0.3, 0.4) is 0 Å². The van der Waals surface area contributed by atoms with Gasteiger partial charge < -0.3 is 19.8 Å². The maximum atomic E-state index is 9.98. The van der Waals surface area contributed by atoms with Gasteiger partial charge in [-0.3, -0.25) is 0 Å². The number of aliphatic hydroxyl groups excluding tert-OH is 2. The molecule has 0 radical (unpaired) electrons. The largest absolute Gasteiger partial charge is 0.395 e. The molecular weight excluding hydrogens is 414 g/mol. The van der Waals surface area contributed by atoms with Gasteiger partial charge >= 0.3 is 0 Å². The predicted molar refractivity (Wildman–Crippen MR) is 121 cm³/mol. The van der Waals surface area contributed by atoms with E-state index in [0.717, 1.165) is 28.0 Å². The minimum absolute atomic E-state index is 0.0430. The first-order valence-corrected chi connectivity index (χ1v) is 11.3. The van der Waals surface area contributed by atoms with Gasteiger partial charge in [0.25, 0.3) is 0 Å². The fourth-order valence-electron chi connectivity index (χ4n) is 3.87. The minimum Gasteiger partial charge on any atom is -0.395 e. The number of oxime groups is 1. The molecule has 2 N–H and O–H groups in total.